The maximum atomic E-state index is 12.6. The topological polar surface area (TPSA) is 134 Å². The number of amides is 1. The van der Waals surface area contributed by atoms with Gasteiger partial charge in [0.2, 0.25) is 11.7 Å². The van der Waals surface area contributed by atoms with Gasteiger partial charge in [0, 0.05) is 43.1 Å². The van der Waals surface area contributed by atoms with Crippen molar-refractivity contribution in [2.24, 2.45) is 5.16 Å². The van der Waals surface area contributed by atoms with Crippen LogP contribution in [0.15, 0.2) is 41.0 Å². The smallest absolute Gasteiger partial charge is 0.260 e. The normalized spacial score (nSPS) is 17.8. The van der Waals surface area contributed by atoms with Gasteiger partial charge in [-0.2, -0.15) is 10.2 Å². The van der Waals surface area contributed by atoms with Gasteiger partial charge in [-0.3, -0.25) is 4.79 Å². The summed E-state index contributed by atoms with van der Waals surface area (Å²) in [6.07, 6.45) is 3.02. The van der Waals surface area contributed by atoms with Crippen LogP contribution in [0, 0.1) is 11.3 Å². The Morgan fingerprint density at radius 2 is 2.14 bits per heavy atom. The Balaban J connectivity index is 1.13. The van der Waals surface area contributed by atoms with Crippen LogP contribution in [0.4, 0.5) is 0 Å². The predicted molar refractivity (Wildman–Crippen MR) is 131 cm³/mol. The SMILES string of the molecule is N#Cc1nccc(OCC(=O)N2CCC(c3nc(C4=NOC(c5c(O)cccc5Cl)C4)cs3)CC2)n1. The van der Waals surface area contributed by atoms with Gasteiger partial charge in [0.15, 0.2) is 12.7 Å². The minimum absolute atomic E-state index is 0.00348. The first kappa shape index (κ1) is 24.0. The molecule has 0 radical (unpaired) electrons. The van der Waals surface area contributed by atoms with Crippen LogP contribution in [0.3, 0.4) is 0 Å². The zero-order chi connectivity index (χ0) is 25.1. The third-order valence-electron chi connectivity index (χ3n) is 6.11. The zero-order valence-electron chi connectivity index (χ0n) is 19.0. The van der Waals surface area contributed by atoms with Gasteiger partial charge in [-0.1, -0.05) is 22.8 Å². The third kappa shape index (κ3) is 5.10. The monoisotopic (exact) mass is 524 g/mol. The Kier molecular flexibility index (Phi) is 6.97. The fourth-order valence-corrected chi connectivity index (χ4v) is 5.51. The molecule has 1 unspecified atom stereocenters. The summed E-state index contributed by atoms with van der Waals surface area (Å²) in [4.78, 5) is 32.4. The summed E-state index contributed by atoms with van der Waals surface area (Å²) in [6, 6.07) is 8.32. The number of rotatable bonds is 6. The van der Waals surface area contributed by atoms with E-state index in [0.717, 1.165) is 29.3 Å². The number of carbonyl (C=O) groups is 1. The molecular weight excluding hydrogens is 504 g/mol. The van der Waals surface area contributed by atoms with Gasteiger partial charge in [-0.05, 0) is 25.0 Å². The second kappa shape index (κ2) is 10.5. The Hall–Kier alpha value is -3.75. The molecular formula is C24H21ClN6O4S. The minimum atomic E-state index is -0.454. The van der Waals surface area contributed by atoms with Crippen molar-refractivity contribution in [3.63, 3.8) is 0 Å². The number of likely N-dealkylation sites (tertiary alicyclic amines) is 1. The van der Waals surface area contributed by atoms with Gasteiger partial charge in [0.25, 0.3) is 5.91 Å². The van der Waals surface area contributed by atoms with Crippen LogP contribution in [0.2, 0.25) is 5.02 Å². The summed E-state index contributed by atoms with van der Waals surface area (Å²) < 4.78 is 5.44. The molecule has 0 bridgehead atoms. The maximum Gasteiger partial charge on any atom is 0.260 e. The Bertz CT molecular complexity index is 1330. The number of thiazole rings is 1. The highest BCUT2D eigenvalue weighted by atomic mass is 35.5. The van der Waals surface area contributed by atoms with E-state index in [-0.39, 0.29) is 35.9 Å². The average Bonchev–Trinajstić information content (AvgIpc) is 3.58. The number of ether oxygens (including phenoxy) is 1. The van der Waals surface area contributed by atoms with E-state index in [9.17, 15) is 9.90 Å². The number of nitriles is 1. The van der Waals surface area contributed by atoms with Gasteiger partial charge in [-0.25, -0.2) is 9.97 Å². The van der Waals surface area contributed by atoms with Crippen molar-refractivity contribution in [2.75, 3.05) is 19.7 Å². The Morgan fingerprint density at radius 1 is 1.31 bits per heavy atom. The van der Waals surface area contributed by atoms with Crippen molar-refractivity contribution < 1.29 is 19.5 Å². The number of phenols is 1. The lowest BCUT2D eigenvalue weighted by molar-refractivity contribution is -0.134. The summed E-state index contributed by atoms with van der Waals surface area (Å²) >= 11 is 7.82. The molecule has 1 saturated heterocycles. The van der Waals surface area contributed by atoms with Crippen molar-refractivity contribution in [2.45, 2.75) is 31.3 Å². The van der Waals surface area contributed by atoms with Crippen LogP contribution >= 0.6 is 22.9 Å². The van der Waals surface area contributed by atoms with Crippen LogP contribution in [0.5, 0.6) is 11.6 Å². The van der Waals surface area contributed by atoms with Gasteiger partial charge in [0.05, 0.1) is 21.3 Å². The second-order valence-corrected chi connectivity index (χ2v) is 9.65. The van der Waals surface area contributed by atoms with Gasteiger partial charge >= 0.3 is 0 Å². The molecule has 1 N–H and O–H groups in total. The summed E-state index contributed by atoms with van der Waals surface area (Å²) in [5, 5.41) is 26.6. The molecule has 2 aliphatic heterocycles. The van der Waals surface area contributed by atoms with E-state index in [4.69, 9.17) is 31.4 Å². The lowest BCUT2D eigenvalue weighted by Crippen LogP contribution is -2.40. The molecule has 2 aromatic heterocycles. The molecule has 2 aliphatic rings. The van der Waals surface area contributed by atoms with E-state index in [2.05, 4.69) is 15.1 Å². The molecule has 184 valence electrons. The van der Waals surface area contributed by atoms with E-state index in [0.29, 0.717) is 30.1 Å². The molecule has 0 saturated carbocycles. The number of aromatic hydroxyl groups is 1. The number of phenolic OH excluding ortho intramolecular Hbond substituents is 1. The second-order valence-electron chi connectivity index (χ2n) is 8.35. The first-order chi connectivity index (χ1) is 17.5. The Morgan fingerprint density at radius 3 is 2.92 bits per heavy atom. The van der Waals surface area contributed by atoms with E-state index in [1.54, 1.807) is 34.4 Å². The number of carbonyl (C=O) groups excluding carboxylic acids is 1. The van der Waals surface area contributed by atoms with Gasteiger partial charge in [-0.15, -0.1) is 11.3 Å². The standard InChI is InChI=1S/C24H21ClN6O4S/c25-15-2-1-3-18(32)23(15)19-10-16(30-35-19)17-13-36-24(28-17)14-5-8-31(9-6-14)22(33)12-34-21-4-7-27-20(11-26)29-21/h1-4,7,13-14,19,32H,5-6,8-10,12H2. The van der Waals surface area contributed by atoms with Crippen LogP contribution in [-0.4, -0.2) is 56.3 Å². The lowest BCUT2D eigenvalue weighted by atomic mass is 9.97. The average molecular weight is 525 g/mol. The highest BCUT2D eigenvalue weighted by molar-refractivity contribution is 7.10. The van der Waals surface area contributed by atoms with Crippen LogP contribution in [-0.2, 0) is 9.63 Å². The molecule has 1 fully saturated rings. The quantitative estimate of drug-likeness (QED) is 0.514. The highest BCUT2D eigenvalue weighted by Crippen LogP contribution is 2.39. The number of oxime groups is 1. The molecule has 0 aliphatic carbocycles. The number of nitrogens with zero attached hydrogens (tertiary/aromatic N) is 6. The summed E-state index contributed by atoms with van der Waals surface area (Å²) in [7, 11) is 0. The van der Waals surface area contributed by atoms with Crippen LogP contribution in [0.1, 0.15) is 53.4 Å². The molecule has 5 rings (SSSR count). The molecule has 1 aromatic carbocycles. The third-order valence-corrected chi connectivity index (χ3v) is 7.45. The summed E-state index contributed by atoms with van der Waals surface area (Å²) in [5.74, 6) is 0.401. The van der Waals surface area contributed by atoms with E-state index in [1.165, 1.54) is 12.3 Å². The van der Waals surface area contributed by atoms with Gasteiger partial charge < -0.3 is 19.6 Å². The predicted octanol–water partition coefficient (Wildman–Crippen LogP) is 3.81. The number of aromatic nitrogens is 3. The molecule has 4 heterocycles. The van der Waals surface area contributed by atoms with Crippen LogP contribution < -0.4 is 4.74 Å². The van der Waals surface area contributed by atoms with Gasteiger partial charge in [0.1, 0.15) is 17.5 Å². The first-order valence-corrected chi connectivity index (χ1v) is 12.6. The van der Waals surface area contributed by atoms with Crippen molar-refractivity contribution >= 4 is 34.6 Å². The van der Waals surface area contributed by atoms with E-state index in [1.807, 2.05) is 11.4 Å². The molecule has 3 aromatic rings. The maximum absolute atomic E-state index is 12.6. The number of piperidine rings is 1. The van der Waals surface area contributed by atoms with Crippen molar-refractivity contribution in [1.29, 1.82) is 5.26 Å². The lowest BCUT2D eigenvalue weighted by Gasteiger charge is -2.31. The Labute approximate surface area is 215 Å². The molecule has 12 heteroatoms. The van der Waals surface area contributed by atoms with Crippen molar-refractivity contribution in [3.05, 3.63) is 63.0 Å². The first-order valence-electron chi connectivity index (χ1n) is 11.3. The van der Waals surface area contributed by atoms with Crippen LogP contribution in [0.25, 0.3) is 0 Å². The molecule has 0 spiro atoms. The number of hydrogen-bond acceptors (Lipinski definition) is 10. The minimum Gasteiger partial charge on any atom is -0.507 e. The van der Waals surface area contributed by atoms with Crippen molar-refractivity contribution in [3.8, 4) is 17.7 Å². The summed E-state index contributed by atoms with van der Waals surface area (Å²) in [6.45, 7) is 1.07. The van der Waals surface area contributed by atoms with E-state index >= 15 is 0 Å². The highest BCUT2D eigenvalue weighted by Gasteiger charge is 2.31. The molecule has 1 amide bonds. The molecule has 1 atom stereocenters. The van der Waals surface area contributed by atoms with E-state index < -0.39 is 6.10 Å². The largest absolute Gasteiger partial charge is 0.507 e. The zero-order valence-corrected chi connectivity index (χ0v) is 20.6. The summed E-state index contributed by atoms with van der Waals surface area (Å²) in [5.41, 5.74) is 2.01. The number of hydrogen-bond donors (Lipinski definition) is 1. The molecule has 36 heavy (non-hydrogen) atoms. The number of halogens is 1. The van der Waals surface area contributed by atoms with Crippen molar-refractivity contribution in [1.82, 2.24) is 19.9 Å². The molecule has 10 nitrogen and oxygen atoms in total. The number of benzene rings is 1. The fourth-order valence-electron chi connectivity index (χ4n) is 4.21. The fraction of sp³-hybridized carbons (Fsp3) is 0.333.